The van der Waals surface area contributed by atoms with E-state index in [0.29, 0.717) is 25.1 Å². The number of alkyl carbamates (subject to hydrolysis) is 1. The standard InChI is InChI=1S/C23H37N3O5/c1-6-8-14-24-21(29)20(17-10-12-18(27)13-11-17)26(15-9-7-2)19(28)16-25-22(30)31-23(3,4)5/h10-13,20,27H,6-9,14-16H2,1-5H3,(H,24,29)(H,25,30). The van der Waals surface area contributed by atoms with Crippen molar-refractivity contribution in [3.8, 4) is 5.75 Å². The van der Waals surface area contributed by atoms with Gasteiger partial charge in [0.15, 0.2) is 0 Å². The van der Waals surface area contributed by atoms with Gasteiger partial charge in [-0.2, -0.15) is 0 Å². The van der Waals surface area contributed by atoms with Gasteiger partial charge in [-0.15, -0.1) is 0 Å². The number of nitrogens with zero attached hydrogens (tertiary/aromatic N) is 1. The van der Waals surface area contributed by atoms with E-state index in [1.54, 1.807) is 32.9 Å². The van der Waals surface area contributed by atoms with Crippen LogP contribution in [0, 0.1) is 0 Å². The molecule has 0 fully saturated rings. The van der Waals surface area contributed by atoms with Crippen molar-refractivity contribution < 1.29 is 24.2 Å². The summed E-state index contributed by atoms with van der Waals surface area (Å²) in [5.41, 5.74) is -0.0866. The summed E-state index contributed by atoms with van der Waals surface area (Å²) in [7, 11) is 0. The molecule has 0 saturated heterocycles. The quantitative estimate of drug-likeness (QED) is 0.461. The molecule has 0 aromatic heterocycles. The van der Waals surface area contributed by atoms with E-state index in [1.807, 2.05) is 13.8 Å². The number of amides is 3. The number of hydrogen-bond acceptors (Lipinski definition) is 5. The Labute approximate surface area is 185 Å². The Bertz CT molecular complexity index is 713. The zero-order valence-electron chi connectivity index (χ0n) is 19.4. The predicted octanol–water partition coefficient (Wildman–Crippen LogP) is 3.50. The zero-order chi connectivity index (χ0) is 23.4. The summed E-state index contributed by atoms with van der Waals surface area (Å²) in [4.78, 5) is 39.6. The lowest BCUT2D eigenvalue weighted by molar-refractivity contribution is -0.140. The topological polar surface area (TPSA) is 108 Å². The van der Waals surface area contributed by atoms with E-state index in [1.165, 1.54) is 17.0 Å². The molecule has 0 saturated carbocycles. The number of aromatic hydroxyl groups is 1. The summed E-state index contributed by atoms with van der Waals surface area (Å²) in [5, 5.41) is 15.0. The minimum atomic E-state index is -0.864. The fourth-order valence-corrected chi connectivity index (χ4v) is 2.90. The van der Waals surface area contributed by atoms with Gasteiger partial charge in [0, 0.05) is 13.1 Å². The molecule has 1 rings (SSSR count). The van der Waals surface area contributed by atoms with E-state index in [0.717, 1.165) is 19.3 Å². The first-order chi connectivity index (χ1) is 14.6. The summed E-state index contributed by atoms with van der Waals surface area (Å²) in [6, 6.07) is 5.38. The Morgan fingerprint density at radius 3 is 2.19 bits per heavy atom. The van der Waals surface area contributed by atoms with Gasteiger partial charge in [0.25, 0.3) is 0 Å². The number of carbonyl (C=O) groups is 3. The molecule has 0 heterocycles. The normalized spacial score (nSPS) is 12.0. The third kappa shape index (κ3) is 9.72. The molecule has 1 aromatic carbocycles. The van der Waals surface area contributed by atoms with Crippen molar-refractivity contribution in [3.63, 3.8) is 0 Å². The van der Waals surface area contributed by atoms with Crippen LogP contribution in [-0.2, 0) is 14.3 Å². The summed E-state index contributed by atoms with van der Waals surface area (Å²) < 4.78 is 5.19. The molecule has 1 unspecified atom stereocenters. The lowest BCUT2D eigenvalue weighted by Gasteiger charge is -2.31. The lowest BCUT2D eigenvalue weighted by Crippen LogP contribution is -2.48. The molecule has 8 nitrogen and oxygen atoms in total. The molecule has 0 aliphatic heterocycles. The van der Waals surface area contributed by atoms with Crippen LogP contribution in [0.4, 0.5) is 4.79 Å². The van der Waals surface area contributed by atoms with Crippen LogP contribution in [0.15, 0.2) is 24.3 Å². The van der Waals surface area contributed by atoms with E-state index in [2.05, 4.69) is 10.6 Å². The Morgan fingerprint density at radius 1 is 1.03 bits per heavy atom. The van der Waals surface area contributed by atoms with Crippen LogP contribution in [0.2, 0.25) is 0 Å². The predicted molar refractivity (Wildman–Crippen MR) is 120 cm³/mol. The second-order valence-electron chi connectivity index (χ2n) is 8.43. The van der Waals surface area contributed by atoms with Crippen molar-refractivity contribution in [3.05, 3.63) is 29.8 Å². The highest BCUT2D eigenvalue weighted by Crippen LogP contribution is 2.24. The molecule has 0 aliphatic rings. The van der Waals surface area contributed by atoms with Gasteiger partial charge in [0.2, 0.25) is 11.8 Å². The van der Waals surface area contributed by atoms with E-state index < -0.39 is 17.7 Å². The number of nitrogens with one attached hydrogen (secondary N) is 2. The maximum Gasteiger partial charge on any atom is 0.408 e. The van der Waals surface area contributed by atoms with Gasteiger partial charge in [-0.1, -0.05) is 38.8 Å². The van der Waals surface area contributed by atoms with Gasteiger partial charge in [0.1, 0.15) is 23.9 Å². The maximum atomic E-state index is 13.1. The van der Waals surface area contributed by atoms with Crippen molar-refractivity contribution in [1.29, 1.82) is 0 Å². The van der Waals surface area contributed by atoms with Gasteiger partial charge in [0.05, 0.1) is 0 Å². The second kappa shape index (κ2) is 12.8. The Kier molecular flexibility index (Phi) is 10.9. The summed E-state index contributed by atoms with van der Waals surface area (Å²) in [5.74, 6) is -0.601. The van der Waals surface area contributed by atoms with Crippen molar-refractivity contribution in [2.24, 2.45) is 0 Å². The van der Waals surface area contributed by atoms with Crippen molar-refractivity contribution >= 4 is 17.9 Å². The molecule has 174 valence electrons. The molecule has 0 aliphatic carbocycles. The second-order valence-corrected chi connectivity index (χ2v) is 8.43. The van der Waals surface area contributed by atoms with Crippen molar-refractivity contribution in [2.45, 2.75) is 71.9 Å². The highest BCUT2D eigenvalue weighted by atomic mass is 16.6. The third-order valence-corrected chi connectivity index (χ3v) is 4.45. The average molecular weight is 436 g/mol. The van der Waals surface area contributed by atoms with Crippen LogP contribution in [0.5, 0.6) is 5.75 Å². The van der Waals surface area contributed by atoms with Gasteiger partial charge in [-0.05, 0) is 51.3 Å². The fourth-order valence-electron chi connectivity index (χ4n) is 2.90. The van der Waals surface area contributed by atoms with Crippen LogP contribution >= 0.6 is 0 Å². The van der Waals surface area contributed by atoms with Gasteiger partial charge < -0.3 is 25.4 Å². The Morgan fingerprint density at radius 2 is 1.65 bits per heavy atom. The Hall–Kier alpha value is -2.77. The lowest BCUT2D eigenvalue weighted by atomic mass is 10.0. The number of unbranched alkanes of at least 4 members (excludes halogenated alkanes) is 2. The first-order valence-electron chi connectivity index (χ1n) is 10.9. The van der Waals surface area contributed by atoms with Crippen LogP contribution in [-0.4, -0.2) is 53.1 Å². The molecule has 8 heteroatoms. The summed E-state index contributed by atoms with van der Waals surface area (Å²) in [6.45, 7) is 9.83. The maximum absolute atomic E-state index is 13.1. The van der Waals surface area contributed by atoms with Gasteiger partial charge in [-0.25, -0.2) is 4.79 Å². The van der Waals surface area contributed by atoms with E-state index >= 15 is 0 Å². The number of rotatable bonds is 11. The average Bonchev–Trinajstić information content (AvgIpc) is 2.69. The monoisotopic (exact) mass is 435 g/mol. The van der Waals surface area contributed by atoms with Crippen LogP contribution in [0.3, 0.4) is 0 Å². The minimum Gasteiger partial charge on any atom is -0.508 e. The number of carbonyl (C=O) groups excluding carboxylic acids is 3. The summed E-state index contributed by atoms with van der Waals surface area (Å²) in [6.07, 6.45) is 2.61. The van der Waals surface area contributed by atoms with Crippen molar-refractivity contribution in [1.82, 2.24) is 15.5 Å². The molecule has 1 atom stereocenters. The van der Waals surface area contributed by atoms with Crippen LogP contribution < -0.4 is 10.6 Å². The molecule has 0 bridgehead atoms. The largest absolute Gasteiger partial charge is 0.508 e. The van der Waals surface area contributed by atoms with Crippen LogP contribution in [0.25, 0.3) is 0 Å². The number of ether oxygens (including phenoxy) is 1. The number of phenolic OH excluding ortho intramolecular Hbond substituents is 1. The first kappa shape index (κ1) is 26.3. The number of phenols is 1. The van der Waals surface area contributed by atoms with E-state index in [9.17, 15) is 19.5 Å². The SMILES string of the molecule is CCCCNC(=O)C(c1ccc(O)cc1)N(CCCC)C(=O)CNC(=O)OC(C)(C)C. The number of benzene rings is 1. The zero-order valence-corrected chi connectivity index (χ0v) is 19.4. The molecule has 3 N–H and O–H groups in total. The van der Waals surface area contributed by atoms with Gasteiger partial charge >= 0.3 is 6.09 Å². The molecule has 1 aromatic rings. The number of hydrogen-bond donors (Lipinski definition) is 3. The fraction of sp³-hybridized carbons (Fsp3) is 0.609. The minimum absolute atomic E-state index is 0.0759. The molecular weight excluding hydrogens is 398 g/mol. The first-order valence-corrected chi connectivity index (χ1v) is 10.9. The van der Waals surface area contributed by atoms with Crippen molar-refractivity contribution in [2.75, 3.05) is 19.6 Å². The smallest absolute Gasteiger partial charge is 0.408 e. The third-order valence-electron chi connectivity index (χ3n) is 4.45. The van der Waals surface area contributed by atoms with E-state index in [-0.39, 0.29) is 24.1 Å². The Balaban J connectivity index is 3.08. The highest BCUT2D eigenvalue weighted by Gasteiger charge is 2.31. The molecule has 31 heavy (non-hydrogen) atoms. The molecule has 3 amide bonds. The van der Waals surface area contributed by atoms with Gasteiger partial charge in [-0.3, -0.25) is 9.59 Å². The molecular formula is C23H37N3O5. The summed E-state index contributed by atoms with van der Waals surface area (Å²) >= 11 is 0. The highest BCUT2D eigenvalue weighted by molar-refractivity contribution is 5.90. The van der Waals surface area contributed by atoms with Crippen LogP contribution in [0.1, 0.15) is 71.9 Å². The van der Waals surface area contributed by atoms with E-state index in [4.69, 9.17) is 4.74 Å². The molecule has 0 spiro atoms. The molecule has 0 radical (unpaired) electrons.